The van der Waals surface area contributed by atoms with Gasteiger partial charge in [-0.2, -0.15) is 0 Å². The highest BCUT2D eigenvalue weighted by Crippen LogP contribution is 2.61. The molecule has 0 saturated heterocycles. The second kappa shape index (κ2) is 10.5. The summed E-state index contributed by atoms with van der Waals surface area (Å²) in [5.41, 5.74) is 0.355. The molecule has 1 unspecified atom stereocenters. The van der Waals surface area contributed by atoms with E-state index in [1.807, 2.05) is 0 Å². The van der Waals surface area contributed by atoms with Crippen molar-refractivity contribution in [2.24, 2.45) is 29.1 Å². The topological polar surface area (TPSA) is 55.4 Å². The minimum Gasteiger partial charge on any atom is -0.469 e. The molecule has 0 spiro atoms. The normalized spacial score (nSPS) is 29.2. The lowest BCUT2D eigenvalue weighted by Crippen LogP contribution is -2.63. The van der Waals surface area contributed by atoms with Crippen LogP contribution in [0.4, 0.5) is 0 Å². The number of rotatable bonds is 11. The molecule has 4 nitrogen and oxygen atoms in total. The molecule has 0 aromatic heterocycles. The number of fused-ring (bicyclic) bond motifs is 2. The summed E-state index contributed by atoms with van der Waals surface area (Å²) in [5.74, 6) is 2.50. The van der Waals surface area contributed by atoms with Crippen molar-refractivity contribution in [1.82, 2.24) is 5.32 Å². The predicted molar refractivity (Wildman–Crippen MR) is 114 cm³/mol. The van der Waals surface area contributed by atoms with Gasteiger partial charge in [-0.1, -0.05) is 52.7 Å². The molecule has 0 aromatic rings. The highest BCUT2D eigenvalue weighted by atomic mass is 16.5. The van der Waals surface area contributed by atoms with Gasteiger partial charge in [-0.05, 0) is 61.2 Å². The van der Waals surface area contributed by atoms with Crippen molar-refractivity contribution in [3.8, 4) is 0 Å². The number of unbranched alkanes of at least 4 members (excludes halogenated alkanes) is 1. The molecule has 0 radical (unpaired) electrons. The van der Waals surface area contributed by atoms with E-state index in [1.54, 1.807) is 0 Å². The Bertz CT molecular complexity index is 554. The van der Waals surface area contributed by atoms with Crippen LogP contribution in [0.5, 0.6) is 0 Å². The molecule has 1 N–H and O–H groups in total. The fraction of sp³-hybridized carbons (Fsp3) is 0.833. The first-order valence-corrected chi connectivity index (χ1v) is 11.3. The van der Waals surface area contributed by atoms with E-state index in [1.165, 1.54) is 20.0 Å². The van der Waals surface area contributed by atoms with Crippen LogP contribution in [0.3, 0.4) is 0 Å². The Morgan fingerprint density at radius 1 is 1.25 bits per heavy atom. The average Bonchev–Trinajstić information content (AvgIpc) is 2.64. The zero-order valence-corrected chi connectivity index (χ0v) is 18.6. The Morgan fingerprint density at radius 3 is 2.64 bits per heavy atom. The van der Waals surface area contributed by atoms with Crippen molar-refractivity contribution >= 4 is 11.9 Å². The fourth-order valence-corrected chi connectivity index (χ4v) is 5.38. The highest BCUT2D eigenvalue weighted by Gasteiger charge is 2.57. The molecule has 5 atom stereocenters. The van der Waals surface area contributed by atoms with Crippen LogP contribution < -0.4 is 5.32 Å². The maximum Gasteiger partial charge on any atom is 0.305 e. The zero-order chi connectivity index (χ0) is 20.7. The molecule has 3 aliphatic carbocycles. The monoisotopic (exact) mass is 391 g/mol. The number of allylic oxidation sites excluding steroid dienone is 2. The van der Waals surface area contributed by atoms with Crippen molar-refractivity contribution in [2.75, 3.05) is 7.11 Å². The number of esters is 1. The maximum absolute atomic E-state index is 12.7. The SMILES string of the molecule is CCCC(C)CC(=O)N[C@@H]1[C@@H](C/C=C\CCCC(=O)OC)C[C@H]2C[C@@H]1C2(C)C. The van der Waals surface area contributed by atoms with Gasteiger partial charge in [0.15, 0.2) is 0 Å². The van der Waals surface area contributed by atoms with Crippen LogP contribution in [-0.4, -0.2) is 25.0 Å². The average molecular weight is 392 g/mol. The third-order valence-electron chi connectivity index (χ3n) is 7.30. The third-order valence-corrected chi connectivity index (χ3v) is 7.30. The summed E-state index contributed by atoms with van der Waals surface area (Å²) in [6.07, 6.45) is 13.1. The van der Waals surface area contributed by atoms with Gasteiger partial charge in [-0.25, -0.2) is 0 Å². The quantitative estimate of drug-likeness (QED) is 0.296. The first-order chi connectivity index (χ1) is 13.3. The van der Waals surface area contributed by atoms with E-state index in [-0.39, 0.29) is 11.9 Å². The minimum absolute atomic E-state index is 0.136. The van der Waals surface area contributed by atoms with Crippen LogP contribution in [0.25, 0.3) is 0 Å². The Labute approximate surface area is 171 Å². The summed E-state index contributed by atoms with van der Waals surface area (Å²) < 4.78 is 4.68. The molecule has 160 valence electrons. The lowest BCUT2D eigenvalue weighted by atomic mass is 9.44. The van der Waals surface area contributed by atoms with Gasteiger partial charge in [0.05, 0.1) is 7.11 Å². The fourth-order valence-electron chi connectivity index (χ4n) is 5.38. The summed E-state index contributed by atoms with van der Waals surface area (Å²) >= 11 is 0. The van der Waals surface area contributed by atoms with Gasteiger partial charge in [-0.15, -0.1) is 0 Å². The van der Waals surface area contributed by atoms with Crippen LogP contribution in [0, 0.1) is 29.1 Å². The Hall–Kier alpha value is -1.32. The molecule has 3 aliphatic rings. The second-order valence-corrected chi connectivity index (χ2v) is 9.72. The molecule has 0 heterocycles. The third kappa shape index (κ3) is 5.84. The van der Waals surface area contributed by atoms with Gasteiger partial charge >= 0.3 is 5.97 Å². The molecule has 4 heteroatoms. The molecule has 28 heavy (non-hydrogen) atoms. The molecular weight excluding hydrogens is 350 g/mol. The number of ether oxygens (including phenoxy) is 1. The summed E-state index contributed by atoms with van der Waals surface area (Å²) in [6.45, 7) is 9.12. The summed E-state index contributed by atoms with van der Waals surface area (Å²) in [6, 6.07) is 0.307. The Morgan fingerprint density at radius 2 is 2.00 bits per heavy atom. The van der Waals surface area contributed by atoms with Crippen molar-refractivity contribution in [3.63, 3.8) is 0 Å². The molecule has 1 amide bonds. The number of hydrogen-bond donors (Lipinski definition) is 1. The van der Waals surface area contributed by atoms with Gasteiger partial charge in [0, 0.05) is 18.9 Å². The molecular formula is C24H41NO3. The second-order valence-electron chi connectivity index (χ2n) is 9.72. The molecule has 0 aliphatic heterocycles. The van der Waals surface area contributed by atoms with E-state index in [9.17, 15) is 9.59 Å². The predicted octanol–water partition coefficient (Wildman–Crippen LogP) is 5.27. The summed E-state index contributed by atoms with van der Waals surface area (Å²) in [4.78, 5) is 23.8. The molecule has 3 saturated carbocycles. The smallest absolute Gasteiger partial charge is 0.305 e. The van der Waals surface area contributed by atoms with Crippen LogP contribution in [-0.2, 0) is 14.3 Å². The van der Waals surface area contributed by atoms with Crippen LogP contribution in [0.15, 0.2) is 12.2 Å². The van der Waals surface area contributed by atoms with Crippen molar-refractivity contribution in [2.45, 2.75) is 91.5 Å². The number of carbonyl (C=O) groups excluding carboxylic acids is 2. The number of hydrogen-bond acceptors (Lipinski definition) is 3. The van der Waals surface area contributed by atoms with Gasteiger partial charge in [0.25, 0.3) is 0 Å². The zero-order valence-electron chi connectivity index (χ0n) is 18.6. The van der Waals surface area contributed by atoms with E-state index < -0.39 is 0 Å². The molecule has 3 rings (SSSR count). The molecule has 2 bridgehead atoms. The minimum atomic E-state index is -0.136. The number of amides is 1. The van der Waals surface area contributed by atoms with E-state index in [0.29, 0.717) is 42.1 Å². The highest BCUT2D eigenvalue weighted by molar-refractivity contribution is 5.76. The number of carbonyl (C=O) groups is 2. The lowest BCUT2D eigenvalue weighted by Gasteiger charge is -2.62. The lowest BCUT2D eigenvalue weighted by molar-refractivity contribution is -0.140. The van der Waals surface area contributed by atoms with Crippen LogP contribution >= 0.6 is 0 Å². The van der Waals surface area contributed by atoms with Gasteiger partial charge < -0.3 is 10.1 Å². The van der Waals surface area contributed by atoms with E-state index in [2.05, 4.69) is 49.9 Å². The van der Waals surface area contributed by atoms with Gasteiger partial charge in [-0.3, -0.25) is 9.59 Å². The molecule has 0 aromatic carbocycles. The van der Waals surface area contributed by atoms with Crippen molar-refractivity contribution in [3.05, 3.63) is 12.2 Å². The van der Waals surface area contributed by atoms with E-state index in [4.69, 9.17) is 0 Å². The van der Waals surface area contributed by atoms with Crippen molar-refractivity contribution < 1.29 is 14.3 Å². The maximum atomic E-state index is 12.7. The summed E-state index contributed by atoms with van der Waals surface area (Å²) in [5, 5.41) is 3.44. The van der Waals surface area contributed by atoms with Gasteiger partial charge in [0.2, 0.25) is 5.91 Å². The van der Waals surface area contributed by atoms with E-state index >= 15 is 0 Å². The van der Waals surface area contributed by atoms with Gasteiger partial charge in [0.1, 0.15) is 0 Å². The van der Waals surface area contributed by atoms with Crippen molar-refractivity contribution in [1.29, 1.82) is 0 Å². The van der Waals surface area contributed by atoms with E-state index in [0.717, 1.165) is 38.0 Å². The first-order valence-electron chi connectivity index (χ1n) is 11.3. The standard InChI is InChI=1S/C24H41NO3/c1-6-11-17(2)14-21(26)25-23-18(15-19-16-20(23)24(19,3)4)12-9-7-8-10-13-22(27)28-5/h7,9,17-20,23H,6,8,10-16H2,1-5H3,(H,25,26)/b9-7-/t17?,18-,19-,20-,23+/m0/s1. The Kier molecular flexibility index (Phi) is 8.57. The van der Waals surface area contributed by atoms with Crippen LogP contribution in [0.2, 0.25) is 0 Å². The number of methoxy groups -OCH3 is 1. The largest absolute Gasteiger partial charge is 0.469 e. The van der Waals surface area contributed by atoms with Crippen LogP contribution in [0.1, 0.15) is 85.5 Å². The number of nitrogens with one attached hydrogen (secondary N) is 1. The Balaban J connectivity index is 1.87. The molecule has 3 fully saturated rings. The summed E-state index contributed by atoms with van der Waals surface area (Å²) in [7, 11) is 1.44. The first kappa shape index (κ1) is 23.0.